The van der Waals surface area contributed by atoms with Crippen LogP contribution in [0.15, 0.2) is 36.7 Å². The van der Waals surface area contributed by atoms with E-state index in [0.29, 0.717) is 30.7 Å². The number of H-pyrrole nitrogens is 1. The van der Waals surface area contributed by atoms with Crippen molar-refractivity contribution >= 4 is 16.9 Å². The summed E-state index contributed by atoms with van der Waals surface area (Å²) in [5.74, 6) is -0.610. The minimum atomic E-state index is -1.18. The number of ether oxygens (including phenoxy) is 1. The topological polar surface area (TPSA) is 91.3 Å². The van der Waals surface area contributed by atoms with E-state index in [4.69, 9.17) is 4.74 Å². The van der Waals surface area contributed by atoms with Crippen molar-refractivity contribution in [2.75, 3.05) is 26.7 Å². The van der Waals surface area contributed by atoms with Gasteiger partial charge in [-0.2, -0.15) is 5.10 Å². The van der Waals surface area contributed by atoms with E-state index in [-0.39, 0.29) is 5.92 Å². The highest BCUT2D eigenvalue weighted by Crippen LogP contribution is 2.35. The zero-order chi connectivity index (χ0) is 24.1. The van der Waals surface area contributed by atoms with Gasteiger partial charge in [0.25, 0.3) is 0 Å². The number of aryl methyl sites for hydroxylation is 2. The monoisotopic (exact) mass is 468 g/mol. The summed E-state index contributed by atoms with van der Waals surface area (Å²) in [6.45, 7) is 4.22. The van der Waals surface area contributed by atoms with Gasteiger partial charge >= 0.3 is 5.97 Å². The standard InChI is InChI=1S/C26H33FN4O3/c1-17-19(15-29-30-17)4-3-12-31-13-10-18(23(16-31)26(32)33)5-7-24(27)21-9-11-28-25-8-6-20(34-2)14-22(21)25/h6,8-9,11,14-15,18,23-24H,3-5,7,10,12-13,16H2,1-2H3,(H,29,30)(H,32,33)/t18-,23+,24-/m1/s1. The van der Waals surface area contributed by atoms with E-state index in [2.05, 4.69) is 20.1 Å². The second kappa shape index (κ2) is 11.0. The van der Waals surface area contributed by atoms with Gasteiger partial charge in [0.2, 0.25) is 0 Å². The predicted molar refractivity (Wildman–Crippen MR) is 129 cm³/mol. The van der Waals surface area contributed by atoms with Gasteiger partial charge in [-0.25, -0.2) is 4.39 Å². The van der Waals surface area contributed by atoms with E-state index >= 15 is 4.39 Å². The molecule has 34 heavy (non-hydrogen) atoms. The quantitative estimate of drug-likeness (QED) is 0.447. The molecule has 1 saturated heterocycles. The van der Waals surface area contributed by atoms with Crippen molar-refractivity contribution in [1.29, 1.82) is 0 Å². The van der Waals surface area contributed by atoms with E-state index in [9.17, 15) is 9.90 Å². The Labute approximate surface area is 199 Å². The second-order valence-electron chi connectivity index (χ2n) is 9.22. The molecule has 0 radical (unpaired) electrons. The molecule has 8 heteroatoms. The number of nitrogens with one attached hydrogen (secondary N) is 1. The summed E-state index contributed by atoms with van der Waals surface area (Å²) in [5.41, 5.74) is 3.54. The average molecular weight is 469 g/mol. The van der Waals surface area contributed by atoms with Crippen molar-refractivity contribution in [3.63, 3.8) is 0 Å². The minimum Gasteiger partial charge on any atom is -0.497 e. The zero-order valence-electron chi connectivity index (χ0n) is 19.8. The van der Waals surface area contributed by atoms with Crippen LogP contribution in [0.1, 0.15) is 48.7 Å². The van der Waals surface area contributed by atoms with E-state index in [0.717, 1.165) is 48.9 Å². The molecule has 182 valence electrons. The summed E-state index contributed by atoms with van der Waals surface area (Å²) in [6, 6.07) is 7.17. The number of carbonyl (C=O) groups is 1. The van der Waals surface area contributed by atoms with Crippen molar-refractivity contribution in [3.05, 3.63) is 53.5 Å². The van der Waals surface area contributed by atoms with Crippen LogP contribution in [0.4, 0.5) is 4.39 Å². The first-order valence-corrected chi connectivity index (χ1v) is 12.0. The number of rotatable bonds is 10. The van der Waals surface area contributed by atoms with Gasteiger partial charge in [-0.1, -0.05) is 0 Å². The lowest BCUT2D eigenvalue weighted by atomic mass is 9.81. The summed E-state index contributed by atoms with van der Waals surface area (Å²) < 4.78 is 20.7. The van der Waals surface area contributed by atoms with Crippen LogP contribution in [0, 0.1) is 18.8 Å². The Kier molecular flexibility index (Phi) is 7.77. The Morgan fingerprint density at radius 2 is 2.24 bits per heavy atom. The maximum absolute atomic E-state index is 15.4. The van der Waals surface area contributed by atoms with Crippen molar-refractivity contribution < 1.29 is 19.0 Å². The minimum absolute atomic E-state index is 0.0224. The number of carboxylic acid groups (broad SMARTS) is 1. The predicted octanol–water partition coefficient (Wildman–Crippen LogP) is 4.72. The number of carboxylic acids is 1. The van der Waals surface area contributed by atoms with Crippen LogP contribution >= 0.6 is 0 Å². The Balaban J connectivity index is 1.34. The van der Waals surface area contributed by atoms with Gasteiger partial charge < -0.3 is 14.7 Å². The molecule has 0 saturated carbocycles. The number of likely N-dealkylation sites (tertiary alicyclic amines) is 1. The van der Waals surface area contributed by atoms with Gasteiger partial charge in [-0.15, -0.1) is 0 Å². The molecule has 4 rings (SSSR count). The number of aromatic nitrogens is 3. The number of piperidine rings is 1. The van der Waals surface area contributed by atoms with Gasteiger partial charge in [0.05, 0.1) is 24.2 Å². The number of hydrogen-bond donors (Lipinski definition) is 2. The Bertz CT molecular complexity index is 1120. The van der Waals surface area contributed by atoms with Crippen molar-refractivity contribution in [2.45, 2.75) is 45.2 Å². The molecule has 1 aliphatic heterocycles. The Morgan fingerprint density at radius 3 is 2.97 bits per heavy atom. The second-order valence-corrected chi connectivity index (χ2v) is 9.22. The average Bonchev–Trinajstić information content (AvgIpc) is 3.26. The first-order chi connectivity index (χ1) is 16.5. The molecule has 7 nitrogen and oxygen atoms in total. The highest BCUT2D eigenvalue weighted by atomic mass is 19.1. The van der Waals surface area contributed by atoms with Crippen LogP contribution in [0.2, 0.25) is 0 Å². The summed E-state index contributed by atoms with van der Waals surface area (Å²) in [5, 5.41) is 17.6. The highest BCUT2D eigenvalue weighted by Gasteiger charge is 2.34. The van der Waals surface area contributed by atoms with Gasteiger partial charge in [0, 0.05) is 24.3 Å². The number of pyridine rings is 1. The normalized spacial score (nSPS) is 19.9. The summed E-state index contributed by atoms with van der Waals surface area (Å²) in [4.78, 5) is 18.6. The summed E-state index contributed by atoms with van der Waals surface area (Å²) >= 11 is 0. The van der Waals surface area contributed by atoms with Gasteiger partial charge in [0.1, 0.15) is 11.9 Å². The number of hydrogen-bond acceptors (Lipinski definition) is 5. The molecule has 0 amide bonds. The number of benzene rings is 1. The molecule has 2 aromatic heterocycles. The van der Waals surface area contributed by atoms with Crippen LogP contribution in [0.3, 0.4) is 0 Å². The number of aromatic amines is 1. The molecule has 0 aliphatic carbocycles. The molecule has 2 N–H and O–H groups in total. The third-order valence-electron chi connectivity index (χ3n) is 7.12. The van der Waals surface area contributed by atoms with E-state index in [1.165, 1.54) is 5.56 Å². The lowest BCUT2D eigenvalue weighted by Gasteiger charge is -2.36. The van der Waals surface area contributed by atoms with E-state index in [1.807, 2.05) is 31.3 Å². The van der Waals surface area contributed by atoms with Crippen LogP contribution in [-0.2, 0) is 11.2 Å². The van der Waals surface area contributed by atoms with Crippen LogP contribution in [0.25, 0.3) is 10.9 Å². The fourth-order valence-electron chi connectivity index (χ4n) is 5.09. The fraction of sp³-hybridized carbons (Fsp3) is 0.500. The number of aliphatic carboxylic acids is 1. The molecule has 1 aliphatic rings. The third-order valence-corrected chi connectivity index (χ3v) is 7.12. The first kappa shape index (κ1) is 24.1. The number of nitrogens with zero attached hydrogens (tertiary/aromatic N) is 3. The summed E-state index contributed by atoms with van der Waals surface area (Å²) in [7, 11) is 1.58. The number of methoxy groups -OCH3 is 1. The van der Waals surface area contributed by atoms with Gasteiger partial charge in [0.15, 0.2) is 0 Å². The highest BCUT2D eigenvalue weighted by molar-refractivity contribution is 5.83. The molecule has 1 fully saturated rings. The Morgan fingerprint density at radius 1 is 1.38 bits per heavy atom. The van der Waals surface area contributed by atoms with Crippen LogP contribution in [-0.4, -0.2) is 57.9 Å². The van der Waals surface area contributed by atoms with Crippen molar-refractivity contribution in [3.8, 4) is 5.75 Å². The number of fused-ring (bicyclic) bond motifs is 1. The van der Waals surface area contributed by atoms with Crippen LogP contribution in [0.5, 0.6) is 5.75 Å². The fourth-order valence-corrected chi connectivity index (χ4v) is 5.09. The largest absolute Gasteiger partial charge is 0.497 e. The molecule has 3 heterocycles. The third kappa shape index (κ3) is 5.55. The maximum atomic E-state index is 15.4. The molecule has 0 unspecified atom stereocenters. The zero-order valence-corrected chi connectivity index (χ0v) is 19.8. The van der Waals surface area contributed by atoms with E-state index in [1.54, 1.807) is 19.4 Å². The number of halogens is 1. The smallest absolute Gasteiger partial charge is 0.308 e. The Hall–Kier alpha value is -3.00. The molecule has 0 spiro atoms. The van der Waals surface area contributed by atoms with Crippen LogP contribution < -0.4 is 4.74 Å². The van der Waals surface area contributed by atoms with E-state index < -0.39 is 18.1 Å². The molecule has 1 aromatic carbocycles. The first-order valence-electron chi connectivity index (χ1n) is 12.0. The lowest BCUT2D eigenvalue weighted by molar-refractivity contribution is -0.146. The molecule has 3 aromatic rings. The number of alkyl halides is 1. The van der Waals surface area contributed by atoms with Crippen molar-refractivity contribution in [1.82, 2.24) is 20.1 Å². The molecule has 0 bridgehead atoms. The summed E-state index contributed by atoms with van der Waals surface area (Å²) in [6.07, 6.45) is 5.88. The molecule has 3 atom stereocenters. The van der Waals surface area contributed by atoms with Crippen molar-refractivity contribution in [2.24, 2.45) is 11.8 Å². The SMILES string of the molecule is COc1ccc2nccc([C@H](F)CC[C@@H]3CCN(CCCc4c[nH]nc4C)C[C@@H]3C(=O)O)c2c1. The maximum Gasteiger partial charge on any atom is 0.308 e. The van der Waals surface area contributed by atoms with Gasteiger partial charge in [-0.3, -0.25) is 14.9 Å². The molecular weight excluding hydrogens is 435 g/mol. The lowest BCUT2D eigenvalue weighted by Crippen LogP contribution is -2.44. The van der Waals surface area contributed by atoms with Gasteiger partial charge in [-0.05, 0) is 93.4 Å². The molecular formula is C26H33FN4O3.